The lowest BCUT2D eigenvalue weighted by Gasteiger charge is -2.14. The average Bonchev–Trinajstić information content (AvgIpc) is 2.72. The summed E-state index contributed by atoms with van der Waals surface area (Å²) in [5, 5.41) is 7.15. The zero-order valence-electron chi connectivity index (χ0n) is 17.9. The number of aromatic nitrogens is 2. The van der Waals surface area contributed by atoms with Gasteiger partial charge in [-0.1, -0.05) is 35.3 Å². The summed E-state index contributed by atoms with van der Waals surface area (Å²) >= 11 is 12.2. The first-order valence-corrected chi connectivity index (χ1v) is 10.7. The number of benzene rings is 2. The number of ether oxygens (including phenoxy) is 1. The molecule has 0 fully saturated rings. The topological polar surface area (TPSA) is 62.3 Å². The molecular weight excluding hydrogens is 478 g/mol. The molecule has 6 nitrogen and oxygen atoms in total. The van der Waals surface area contributed by atoms with Gasteiger partial charge in [0.2, 0.25) is 5.95 Å². The fraction of sp³-hybridized carbons (Fsp3) is 0.273. The van der Waals surface area contributed by atoms with Crippen molar-refractivity contribution in [3.05, 3.63) is 58.6 Å². The Hall–Kier alpha value is -2.75. The van der Waals surface area contributed by atoms with E-state index in [0.29, 0.717) is 45.3 Å². The van der Waals surface area contributed by atoms with Crippen molar-refractivity contribution < 1.29 is 17.9 Å². The Morgan fingerprint density at radius 2 is 1.82 bits per heavy atom. The van der Waals surface area contributed by atoms with E-state index < -0.39 is 6.36 Å². The lowest BCUT2D eigenvalue weighted by atomic mass is 10.1. The largest absolute Gasteiger partial charge is 0.573 e. The van der Waals surface area contributed by atoms with Crippen LogP contribution in [0.3, 0.4) is 0 Å². The van der Waals surface area contributed by atoms with Crippen LogP contribution in [-0.2, 0) is 0 Å². The number of hydrogen-bond acceptors (Lipinski definition) is 6. The molecule has 0 aliphatic rings. The van der Waals surface area contributed by atoms with Gasteiger partial charge in [0, 0.05) is 23.2 Å². The summed E-state index contributed by atoms with van der Waals surface area (Å²) in [6.45, 7) is 1.48. The van der Waals surface area contributed by atoms with E-state index >= 15 is 0 Å². The Labute approximate surface area is 199 Å². The zero-order chi connectivity index (χ0) is 24.0. The van der Waals surface area contributed by atoms with Gasteiger partial charge in [0.15, 0.2) is 0 Å². The Bertz CT molecular complexity index is 1100. The molecule has 2 aromatic carbocycles. The van der Waals surface area contributed by atoms with Crippen LogP contribution in [0.2, 0.25) is 10.0 Å². The smallest absolute Gasteiger partial charge is 0.406 e. The third kappa shape index (κ3) is 7.96. The molecule has 0 atom stereocenters. The molecule has 1 heterocycles. The van der Waals surface area contributed by atoms with Crippen molar-refractivity contribution in [2.24, 2.45) is 0 Å². The van der Waals surface area contributed by atoms with Crippen molar-refractivity contribution in [3.8, 4) is 17.0 Å². The molecular formula is C22H22Cl2F3N5O. The van der Waals surface area contributed by atoms with Gasteiger partial charge in [-0.25, -0.2) is 4.98 Å². The van der Waals surface area contributed by atoms with Crippen molar-refractivity contribution >= 4 is 40.7 Å². The summed E-state index contributed by atoms with van der Waals surface area (Å²) in [5.74, 6) is 0.386. The second-order valence-corrected chi connectivity index (χ2v) is 8.21. The number of nitrogens with zero attached hydrogens (tertiary/aromatic N) is 3. The number of halogens is 5. The maximum Gasteiger partial charge on any atom is 0.573 e. The molecule has 176 valence electrons. The first kappa shape index (κ1) is 24.9. The van der Waals surface area contributed by atoms with E-state index in [4.69, 9.17) is 23.2 Å². The van der Waals surface area contributed by atoms with Crippen LogP contribution in [0.15, 0.2) is 48.5 Å². The average molecular weight is 500 g/mol. The van der Waals surface area contributed by atoms with E-state index in [-0.39, 0.29) is 5.75 Å². The van der Waals surface area contributed by atoms with Gasteiger partial charge >= 0.3 is 6.36 Å². The van der Waals surface area contributed by atoms with Gasteiger partial charge in [0.25, 0.3) is 0 Å². The minimum Gasteiger partial charge on any atom is -0.406 e. The fourth-order valence-corrected chi connectivity index (χ4v) is 3.37. The minimum absolute atomic E-state index is 0.320. The van der Waals surface area contributed by atoms with Gasteiger partial charge in [-0.2, -0.15) is 4.98 Å². The number of alkyl halides is 3. The molecule has 0 radical (unpaired) electrons. The molecule has 2 N–H and O–H groups in total. The summed E-state index contributed by atoms with van der Waals surface area (Å²) in [6.07, 6.45) is -3.94. The van der Waals surface area contributed by atoms with Crippen LogP contribution >= 0.6 is 23.2 Å². The fourth-order valence-electron chi connectivity index (χ4n) is 2.92. The van der Waals surface area contributed by atoms with Gasteiger partial charge in [-0.05, 0) is 57.4 Å². The molecule has 0 amide bonds. The Balaban J connectivity index is 1.92. The van der Waals surface area contributed by atoms with E-state index in [1.165, 1.54) is 18.2 Å². The standard InChI is InChI=1S/C22H22Cl2F3N5O/c1-32(2)10-4-9-28-21-30-19(14-5-3-6-16(11-14)33-22(25,26)27)13-20(31-21)29-18-8-7-15(23)12-17(18)24/h3,5-8,11-13H,4,9-10H2,1-2H3,(H2,28,29,30,31). The van der Waals surface area contributed by atoms with Crippen LogP contribution in [0.5, 0.6) is 5.75 Å². The lowest BCUT2D eigenvalue weighted by molar-refractivity contribution is -0.274. The number of hydrogen-bond donors (Lipinski definition) is 2. The van der Waals surface area contributed by atoms with E-state index in [1.54, 1.807) is 30.3 Å². The van der Waals surface area contributed by atoms with Crippen LogP contribution in [0.25, 0.3) is 11.3 Å². The Kier molecular flexibility index (Phi) is 8.23. The molecule has 0 saturated heterocycles. The van der Waals surface area contributed by atoms with Crippen molar-refractivity contribution in [1.82, 2.24) is 14.9 Å². The summed E-state index contributed by atoms with van der Waals surface area (Å²) in [7, 11) is 3.95. The predicted octanol–water partition coefficient (Wildman–Crippen LogP) is 6.46. The van der Waals surface area contributed by atoms with E-state index in [9.17, 15) is 13.2 Å². The third-order valence-corrected chi connectivity index (χ3v) is 4.90. The molecule has 3 aromatic rings. The second-order valence-electron chi connectivity index (χ2n) is 7.37. The maximum absolute atomic E-state index is 12.6. The predicted molar refractivity (Wildman–Crippen MR) is 126 cm³/mol. The van der Waals surface area contributed by atoms with Crippen LogP contribution in [-0.4, -0.2) is 48.4 Å². The van der Waals surface area contributed by atoms with Crippen molar-refractivity contribution in [1.29, 1.82) is 0 Å². The quantitative estimate of drug-likeness (QED) is 0.329. The van der Waals surface area contributed by atoms with Crippen LogP contribution < -0.4 is 15.4 Å². The molecule has 0 unspecified atom stereocenters. The molecule has 33 heavy (non-hydrogen) atoms. The zero-order valence-corrected chi connectivity index (χ0v) is 19.4. The number of anilines is 3. The van der Waals surface area contributed by atoms with Gasteiger partial charge in [0.05, 0.1) is 16.4 Å². The van der Waals surface area contributed by atoms with E-state index in [0.717, 1.165) is 13.0 Å². The highest BCUT2D eigenvalue weighted by molar-refractivity contribution is 6.36. The molecule has 0 aliphatic heterocycles. The van der Waals surface area contributed by atoms with Gasteiger partial charge < -0.3 is 20.3 Å². The summed E-state index contributed by atoms with van der Waals surface area (Å²) in [6, 6.07) is 12.2. The van der Waals surface area contributed by atoms with E-state index in [2.05, 4.69) is 30.2 Å². The number of nitrogens with one attached hydrogen (secondary N) is 2. The lowest BCUT2D eigenvalue weighted by Crippen LogP contribution is -2.17. The van der Waals surface area contributed by atoms with Gasteiger partial charge in [0.1, 0.15) is 11.6 Å². The SMILES string of the molecule is CN(C)CCCNc1nc(Nc2ccc(Cl)cc2Cl)cc(-c2cccc(OC(F)(F)F)c2)n1. The molecule has 0 bridgehead atoms. The highest BCUT2D eigenvalue weighted by atomic mass is 35.5. The summed E-state index contributed by atoms with van der Waals surface area (Å²) in [5.41, 5.74) is 1.40. The Morgan fingerprint density at radius 3 is 2.52 bits per heavy atom. The molecule has 0 spiro atoms. The van der Waals surface area contributed by atoms with Crippen molar-refractivity contribution in [3.63, 3.8) is 0 Å². The summed E-state index contributed by atoms with van der Waals surface area (Å²) < 4.78 is 42.0. The first-order valence-electron chi connectivity index (χ1n) is 9.95. The van der Waals surface area contributed by atoms with Gasteiger partial charge in [-0.15, -0.1) is 13.2 Å². The Morgan fingerprint density at radius 1 is 1.03 bits per heavy atom. The monoisotopic (exact) mass is 499 g/mol. The third-order valence-electron chi connectivity index (χ3n) is 4.35. The number of rotatable bonds is 9. The van der Waals surface area contributed by atoms with Crippen LogP contribution in [0, 0.1) is 0 Å². The highest BCUT2D eigenvalue weighted by Gasteiger charge is 2.31. The van der Waals surface area contributed by atoms with Gasteiger partial charge in [-0.3, -0.25) is 0 Å². The van der Waals surface area contributed by atoms with E-state index in [1.807, 2.05) is 14.1 Å². The molecule has 0 aliphatic carbocycles. The molecule has 1 aromatic heterocycles. The van der Waals surface area contributed by atoms with Crippen molar-refractivity contribution in [2.45, 2.75) is 12.8 Å². The van der Waals surface area contributed by atoms with Crippen molar-refractivity contribution in [2.75, 3.05) is 37.8 Å². The van der Waals surface area contributed by atoms with Crippen LogP contribution in [0.4, 0.5) is 30.6 Å². The molecule has 0 saturated carbocycles. The first-order chi connectivity index (χ1) is 15.6. The molecule has 3 rings (SSSR count). The maximum atomic E-state index is 12.6. The molecule has 11 heteroatoms. The summed E-state index contributed by atoms with van der Waals surface area (Å²) in [4.78, 5) is 11.0. The van der Waals surface area contributed by atoms with Crippen LogP contribution in [0.1, 0.15) is 6.42 Å². The normalized spacial score (nSPS) is 11.5. The minimum atomic E-state index is -4.79. The highest BCUT2D eigenvalue weighted by Crippen LogP contribution is 2.31. The second kappa shape index (κ2) is 10.9.